The van der Waals surface area contributed by atoms with Crippen LogP contribution in [0.2, 0.25) is 0 Å². The molecule has 0 aliphatic carbocycles. The van der Waals surface area contributed by atoms with Gasteiger partial charge < -0.3 is 15.5 Å². The first-order valence-corrected chi connectivity index (χ1v) is 5.49. The van der Waals surface area contributed by atoms with Crippen LogP contribution in [0.1, 0.15) is 19.8 Å². The molecule has 15 heavy (non-hydrogen) atoms. The van der Waals surface area contributed by atoms with E-state index in [0.717, 1.165) is 19.6 Å². The van der Waals surface area contributed by atoms with Crippen molar-refractivity contribution in [2.45, 2.75) is 31.8 Å². The molecular weight excluding hydrogens is 194 g/mol. The summed E-state index contributed by atoms with van der Waals surface area (Å²) in [5.74, 6) is 0.0750. The van der Waals surface area contributed by atoms with Crippen molar-refractivity contribution >= 4 is 11.8 Å². The molecule has 84 valence electrons. The number of carbonyl (C=O) groups excluding carboxylic acids is 2. The lowest BCUT2D eigenvalue weighted by molar-refractivity contribution is -0.137. The highest BCUT2D eigenvalue weighted by atomic mass is 16.2. The molecule has 2 fully saturated rings. The van der Waals surface area contributed by atoms with E-state index in [1.54, 1.807) is 0 Å². The first-order valence-electron chi connectivity index (χ1n) is 5.49. The Hall–Kier alpha value is -1.10. The molecule has 2 aliphatic rings. The molecule has 2 saturated heterocycles. The highest BCUT2D eigenvalue weighted by molar-refractivity contribution is 5.91. The van der Waals surface area contributed by atoms with Crippen molar-refractivity contribution in [1.29, 1.82) is 0 Å². The fraction of sp³-hybridized carbons (Fsp3) is 0.800. The van der Waals surface area contributed by atoms with Gasteiger partial charge in [0.15, 0.2) is 0 Å². The van der Waals surface area contributed by atoms with Gasteiger partial charge in [0.25, 0.3) is 0 Å². The summed E-state index contributed by atoms with van der Waals surface area (Å²) >= 11 is 0. The molecule has 0 radical (unpaired) electrons. The summed E-state index contributed by atoms with van der Waals surface area (Å²) in [5.41, 5.74) is 0. The second-order valence-corrected chi connectivity index (χ2v) is 4.24. The Morgan fingerprint density at radius 2 is 2.33 bits per heavy atom. The number of nitrogens with zero attached hydrogens (tertiary/aromatic N) is 1. The van der Waals surface area contributed by atoms with Crippen LogP contribution in [0, 0.1) is 0 Å². The SMILES string of the molecule is CC1CNCCN1C(=O)[C@@H]1CCC(=O)N1. The number of nitrogens with one attached hydrogen (secondary N) is 2. The summed E-state index contributed by atoms with van der Waals surface area (Å²) in [6.07, 6.45) is 1.13. The van der Waals surface area contributed by atoms with Gasteiger partial charge in [-0.15, -0.1) is 0 Å². The molecule has 0 aromatic heterocycles. The lowest BCUT2D eigenvalue weighted by Gasteiger charge is -2.35. The molecule has 2 rings (SSSR count). The smallest absolute Gasteiger partial charge is 0.245 e. The van der Waals surface area contributed by atoms with Crippen molar-refractivity contribution in [2.24, 2.45) is 0 Å². The normalized spacial score (nSPS) is 31.5. The van der Waals surface area contributed by atoms with Crippen molar-refractivity contribution in [3.8, 4) is 0 Å². The maximum Gasteiger partial charge on any atom is 0.245 e. The van der Waals surface area contributed by atoms with Crippen LogP contribution in [0.4, 0.5) is 0 Å². The third-order valence-electron chi connectivity index (χ3n) is 3.08. The predicted molar refractivity (Wildman–Crippen MR) is 55.2 cm³/mol. The second kappa shape index (κ2) is 4.18. The molecule has 2 aliphatic heterocycles. The van der Waals surface area contributed by atoms with Crippen LogP contribution in [0.25, 0.3) is 0 Å². The molecule has 0 saturated carbocycles. The fourth-order valence-corrected chi connectivity index (χ4v) is 2.17. The number of rotatable bonds is 1. The number of carbonyl (C=O) groups is 2. The quantitative estimate of drug-likeness (QED) is 0.590. The van der Waals surface area contributed by atoms with Crippen molar-refractivity contribution < 1.29 is 9.59 Å². The van der Waals surface area contributed by atoms with E-state index in [0.29, 0.717) is 12.8 Å². The molecule has 0 aromatic carbocycles. The van der Waals surface area contributed by atoms with E-state index in [2.05, 4.69) is 10.6 Å². The van der Waals surface area contributed by atoms with E-state index in [1.807, 2.05) is 11.8 Å². The van der Waals surface area contributed by atoms with Gasteiger partial charge in [-0.2, -0.15) is 0 Å². The van der Waals surface area contributed by atoms with Crippen LogP contribution in [-0.2, 0) is 9.59 Å². The van der Waals surface area contributed by atoms with E-state index in [1.165, 1.54) is 0 Å². The summed E-state index contributed by atoms with van der Waals surface area (Å²) in [5, 5.41) is 5.96. The topological polar surface area (TPSA) is 61.4 Å². The Kier molecular flexibility index (Phi) is 2.90. The minimum atomic E-state index is -0.280. The standard InChI is InChI=1S/C10H17N3O2/c1-7-6-11-4-5-13(7)10(15)8-2-3-9(14)12-8/h7-8,11H,2-6H2,1H3,(H,12,14)/t7?,8-/m0/s1. The van der Waals surface area contributed by atoms with Gasteiger partial charge >= 0.3 is 0 Å². The van der Waals surface area contributed by atoms with Crippen LogP contribution in [0.15, 0.2) is 0 Å². The lowest BCUT2D eigenvalue weighted by Crippen LogP contribution is -2.56. The molecule has 5 heteroatoms. The largest absolute Gasteiger partial charge is 0.344 e. The monoisotopic (exact) mass is 211 g/mol. The first-order chi connectivity index (χ1) is 7.18. The van der Waals surface area contributed by atoms with Crippen LogP contribution >= 0.6 is 0 Å². The molecule has 2 heterocycles. The van der Waals surface area contributed by atoms with E-state index in [4.69, 9.17) is 0 Å². The Bertz CT molecular complexity index is 280. The Labute approximate surface area is 89.2 Å². The lowest BCUT2D eigenvalue weighted by atomic mass is 10.1. The Balaban J connectivity index is 1.97. The number of amides is 2. The van der Waals surface area contributed by atoms with Gasteiger partial charge in [0.1, 0.15) is 6.04 Å². The third-order valence-corrected chi connectivity index (χ3v) is 3.08. The Morgan fingerprint density at radius 3 is 2.93 bits per heavy atom. The molecule has 2 atom stereocenters. The van der Waals surface area contributed by atoms with Gasteiger partial charge in [-0.1, -0.05) is 0 Å². The maximum absolute atomic E-state index is 12.0. The fourth-order valence-electron chi connectivity index (χ4n) is 2.17. The molecule has 0 spiro atoms. The molecule has 0 aromatic rings. The summed E-state index contributed by atoms with van der Waals surface area (Å²) in [7, 11) is 0. The molecule has 2 N–H and O–H groups in total. The number of hydrogen-bond acceptors (Lipinski definition) is 3. The maximum atomic E-state index is 12.0. The average molecular weight is 211 g/mol. The van der Waals surface area contributed by atoms with Gasteiger partial charge in [0.05, 0.1) is 0 Å². The van der Waals surface area contributed by atoms with Gasteiger partial charge in [-0.25, -0.2) is 0 Å². The minimum Gasteiger partial charge on any atom is -0.344 e. The van der Waals surface area contributed by atoms with Crippen molar-refractivity contribution in [3.05, 3.63) is 0 Å². The van der Waals surface area contributed by atoms with Gasteiger partial charge in [-0.3, -0.25) is 9.59 Å². The van der Waals surface area contributed by atoms with Gasteiger partial charge in [0.2, 0.25) is 11.8 Å². The predicted octanol–water partition coefficient (Wildman–Crippen LogP) is -0.915. The molecule has 5 nitrogen and oxygen atoms in total. The third kappa shape index (κ3) is 2.12. The highest BCUT2D eigenvalue weighted by Gasteiger charge is 2.33. The zero-order valence-corrected chi connectivity index (χ0v) is 8.95. The molecular formula is C10H17N3O2. The van der Waals surface area contributed by atoms with Crippen LogP contribution in [0.3, 0.4) is 0 Å². The van der Waals surface area contributed by atoms with Crippen LogP contribution in [-0.4, -0.2) is 48.4 Å². The second-order valence-electron chi connectivity index (χ2n) is 4.24. The zero-order chi connectivity index (χ0) is 10.8. The number of piperazine rings is 1. The number of hydrogen-bond donors (Lipinski definition) is 2. The van der Waals surface area contributed by atoms with Crippen molar-refractivity contribution in [1.82, 2.24) is 15.5 Å². The van der Waals surface area contributed by atoms with E-state index >= 15 is 0 Å². The van der Waals surface area contributed by atoms with E-state index in [-0.39, 0.29) is 23.9 Å². The van der Waals surface area contributed by atoms with Crippen LogP contribution in [0.5, 0.6) is 0 Å². The minimum absolute atomic E-state index is 0.00358. The molecule has 2 amide bonds. The molecule has 1 unspecified atom stereocenters. The van der Waals surface area contributed by atoms with Gasteiger partial charge in [-0.05, 0) is 13.3 Å². The summed E-state index contributed by atoms with van der Waals surface area (Å²) in [6, 6.07) is -0.0539. The zero-order valence-electron chi connectivity index (χ0n) is 8.95. The van der Waals surface area contributed by atoms with Crippen LogP contribution < -0.4 is 10.6 Å². The summed E-state index contributed by atoms with van der Waals surface area (Å²) < 4.78 is 0. The van der Waals surface area contributed by atoms with E-state index in [9.17, 15) is 9.59 Å². The molecule has 0 bridgehead atoms. The summed E-state index contributed by atoms with van der Waals surface area (Å²) in [6.45, 7) is 4.45. The highest BCUT2D eigenvalue weighted by Crippen LogP contribution is 2.12. The first kappa shape index (κ1) is 10.4. The average Bonchev–Trinajstić information content (AvgIpc) is 2.65. The summed E-state index contributed by atoms with van der Waals surface area (Å²) in [4.78, 5) is 24.9. The van der Waals surface area contributed by atoms with Crippen molar-refractivity contribution in [3.63, 3.8) is 0 Å². The Morgan fingerprint density at radius 1 is 1.53 bits per heavy atom. The van der Waals surface area contributed by atoms with E-state index < -0.39 is 0 Å². The van der Waals surface area contributed by atoms with Crippen molar-refractivity contribution in [2.75, 3.05) is 19.6 Å². The van der Waals surface area contributed by atoms with Gasteiger partial charge in [0, 0.05) is 32.1 Å².